The van der Waals surface area contributed by atoms with Crippen LogP contribution in [0.3, 0.4) is 0 Å². The van der Waals surface area contributed by atoms with Gasteiger partial charge in [0, 0.05) is 23.6 Å². The second-order valence-electron chi connectivity index (χ2n) is 4.94. The van der Waals surface area contributed by atoms with E-state index in [0.717, 1.165) is 6.08 Å². The van der Waals surface area contributed by atoms with Crippen LogP contribution in [0.4, 0.5) is 22.0 Å². The van der Waals surface area contributed by atoms with Crippen LogP contribution in [-0.2, 0) is 11.2 Å². The molecular weight excluding hydrogens is 347 g/mol. The van der Waals surface area contributed by atoms with E-state index in [1.165, 1.54) is 30.3 Å². The molecule has 0 bridgehead atoms. The molecule has 130 valence electrons. The van der Waals surface area contributed by atoms with Crippen molar-refractivity contribution in [2.45, 2.75) is 6.42 Å². The molecule has 0 unspecified atom stereocenters. The summed E-state index contributed by atoms with van der Waals surface area (Å²) >= 11 is 0. The Bertz CT molecular complexity index is 844. The lowest BCUT2D eigenvalue weighted by atomic mass is 10.0. The first-order valence-corrected chi connectivity index (χ1v) is 6.77. The maximum absolute atomic E-state index is 13.6. The van der Waals surface area contributed by atoms with E-state index in [0.29, 0.717) is 5.56 Å². The van der Waals surface area contributed by atoms with E-state index in [2.05, 4.69) is 0 Å². The Morgan fingerprint density at radius 1 is 0.840 bits per heavy atom. The van der Waals surface area contributed by atoms with Gasteiger partial charge in [-0.2, -0.15) is 0 Å². The number of carbonyl (C=O) groups is 2. The van der Waals surface area contributed by atoms with Gasteiger partial charge in [-0.25, -0.2) is 26.7 Å². The van der Waals surface area contributed by atoms with Gasteiger partial charge in [-0.3, -0.25) is 4.79 Å². The average Bonchev–Trinajstić information content (AvgIpc) is 2.60. The van der Waals surface area contributed by atoms with Crippen LogP contribution in [0.15, 0.2) is 30.3 Å². The van der Waals surface area contributed by atoms with Crippen LogP contribution >= 0.6 is 0 Å². The molecule has 0 heterocycles. The lowest BCUT2D eigenvalue weighted by Gasteiger charge is -2.08. The van der Waals surface area contributed by atoms with E-state index in [9.17, 15) is 31.5 Å². The summed E-state index contributed by atoms with van der Waals surface area (Å²) in [5.74, 6) is -12.7. The van der Waals surface area contributed by atoms with Crippen molar-refractivity contribution in [2.75, 3.05) is 0 Å². The fraction of sp³-hybridized carbons (Fsp3) is 0.0588. The fourth-order valence-corrected chi connectivity index (χ4v) is 2.02. The maximum atomic E-state index is 13.6. The molecule has 25 heavy (non-hydrogen) atoms. The van der Waals surface area contributed by atoms with Crippen molar-refractivity contribution < 1.29 is 36.6 Å². The van der Waals surface area contributed by atoms with Gasteiger partial charge in [0.15, 0.2) is 29.1 Å². The molecule has 0 aliphatic carbocycles. The Morgan fingerprint density at radius 3 is 1.80 bits per heavy atom. The van der Waals surface area contributed by atoms with Crippen LogP contribution in [0.1, 0.15) is 21.5 Å². The second kappa shape index (κ2) is 7.25. The highest BCUT2D eigenvalue weighted by molar-refractivity contribution is 5.97. The van der Waals surface area contributed by atoms with Gasteiger partial charge in [0.2, 0.25) is 5.82 Å². The molecule has 0 atom stereocenters. The van der Waals surface area contributed by atoms with Crippen LogP contribution in [0.2, 0.25) is 0 Å². The standard InChI is InChI=1S/C17H9F5O3/c18-13-10(14(19)16(21)17(22)15(13)20)7-11(23)9-4-1-8(2-5-9)3-6-12(24)25/h1-6H,7H2,(H,24,25)/b6-3+. The first-order valence-electron chi connectivity index (χ1n) is 6.77. The predicted octanol–water partition coefficient (Wildman–Crippen LogP) is 3.91. The Labute approximate surface area is 138 Å². The number of Topliss-reactive ketones (excluding diaryl/α,β-unsaturated/α-hetero) is 1. The van der Waals surface area contributed by atoms with Gasteiger partial charge in [0.05, 0.1) is 0 Å². The van der Waals surface area contributed by atoms with Gasteiger partial charge in [0.25, 0.3) is 0 Å². The smallest absolute Gasteiger partial charge is 0.328 e. The molecule has 2 rings (SSSR count). The molecule has 3 nitrogen and oxygen atoms in total. The summed E-state index contributed by atoms with van der Waals surface area (Å²) in [5, 5.41) is 8.50. The zero-order chi connectivity index (χ0) is 18.7. The zero-order valence-electron chi connectivity index (χ0n) is 12.3. The summed E-state index contributed by atoms with van der Waals surface area (Å²) in [6.07, 6.45) is 1.10. The van der Waals surface area contributed by atoms with E-state index >= 15 is 0 Å². The molecule has 0 spiro atoms. The normalized spacial score (nSPS) is 11.1. The zero-order valence-corrected chi connectivity index (χ0v) is 12.3. The quantitative estimate of drug-likeness (QED) is 0.291. The van der Waals surface area contributed by atoms with Gasteiger partial charge in [-0.15, -0.1) is 0 Å². The summed E-state index contributed by atoms with van der Waals surface area (Å²) in [6, 6.07) is 5.22. The molecule has 0 fully saturated rings. The van der Waals surface area contributed by atoms with Crippen molar-refractivity contribution in [1.82, 2.24) is 0 Å². The molecule has 0 saturated carbocycles. The molecule has 8 heteroatoms. The third kappa shape index (κ3) is 3.90. The van der Waals surface area contributed by atoms with Crippen molar-refractivity contribution in [2.24, 2.45) is 0 Å². The average molecular weight is 356 g/mol. The molecule has 0 saturated heterocycles. The van der Waals surface area contributed by atoms with E-state index in [1.807, 2.05) is 0 Å². The minimum Gasteiger partial charge on any atom is -0.478 e. The summed E-state index contributed by atoms with van der Waals surface area (Å²) in [5.41, 5.74) is -0.803. The van der Waals surface area contributed by atoms with Gasteiger partial charge >= 0.3 is 5.97 Å². The predicted molar refractivity (Wildman–Crippen MR) is 77.4 cm³/mol. The summed E-state index contributed by atoms with van der Waals surface area (Å²) < 4.78 is 66.4. The van der Waals surface area contributed by atoms with Crippen molar-refractivity contribution in [1.29, 1.82) is 0 Å². The number of halogens is 5. The fourth-order valence-electron chi connectivity index (χ4n) is 2.02. The number of rotatable bonds is 5. The number of aliphatic carboxylic acids is 1. The largest absolute Gasteiger partial charge is 0.478 e. The topological polar surface area (TPSA) is 54.4 Å². The molecule has 0 radical (unpaired) electrons. The van der Waals surface area contributed by atoms with E-state index in [4.69, 9.17) is 5.11 Å². The number of ketones is 1. The second-order valence-corrected chi connectivity index (χ2v) is 4.94. The van der Waals surface area contributed by atoms with Crippen molar-refractivity contribution >= 4 is 17.8 Å². The van der Waals surface area contributed by atoms with E-state index in [-0.39, 0.29) is 5.56 Å². The minimum absolute atomic E-state index is 0.0311. The van der Waals surface area contributed by atoms with Gasteiger partial charge in [0.1, 0.15) is 0 Å². The van der Waals surface area contributed by atoms with E-state index in [1.54, 1.807) is 0 Å². The summed E-state index contributed by atoms with van der Waals surface area (Å²) in [4.78, 5) is 22.4. The third-order valence-corrected chi connectivity index (χ3v) is 3.29. The summed E-state index contributed by atoms with van der Waals surface area (Å²) in [7, 11) is 0. The highest BCUT2D eigenvalue weighted by Crippen LogP contribution is 2.24. The number of benzene rings is 2. The van der Waals surface area contributed by atoms with Crippen LogP contribution in [0.5, 0.6) is 0 Å². The van der Waals surface area contributed by atoms with Crippen LogP contribution in [0, 0.1) is 29.1 Å². The van der Waals surface area contributed by atoms with Crippen LogP contribution < -0.4 is 0 Å². The third-order valence-electron chi connectivity index (χ3n) is 3.29. The molecule has 2 aromatic carbocycles. The lowest BCUT2D eigenvalue weighted by molar-refractivity contribution is -0.131. The Morgan fingerprint density at radius 2 is 1.32 bits per heavy atom. The monoisotopic (exact) mass is 356 g/mol. The molecule has 0 aliphatic heterocycles. The highest BCUT2D eigenvalue weighted by Gasteiger charge is 2.27. The van der Waals surface area contributed by atoms with Crippen LogP contribution in [-0.4, -0.2) is 16.9 Å². The van der Waals surface area contributed by atoms with Crippen molar-refractivity contribution in [3.63, 3.8) is 0 Å². The Hall–Kier alpha value is -3.03. The number of carbonyl (C=O) groups excluding carboxylic acids is 1. The minimum atomic E-state index is -2.29. The molecule has 0 amide bonds. The van der Waals surface area contributed by atoms with Crippen molar-refractivity contribution in [3.8, 4) is 0 Å². The molecule has 1 N–H and O–H groups in total. The van der Waals surface area contributed by atoms with Gasteiger partial charge in [-0.05, 0) is 11.6 Å². The maximum Gasteiger partial charge on any atom is 0.328 e. The SMILES string of the molecule is O=C(O)/C=C/c1ccc(C(=O)Cc2c(F)c(F)c(F)c(F)c2F)cc1. The number of hydrogen-bond acceptors (Lipinski definition) is 2. The van der Waals surface area contributed by atoms with E-state index < -0.39 is 52.8 Å². The molecule has 0 aromatic heterocycles. The lowest BCUT2D eigenvalue weighted by Crippen LogP contribution is -2.12. The number of hydrogen-bond donors (Lipinski definition) is 1. The molecule has 2 aromatic rings. The first kappa shape index (κ1) is 18.3. The highest BCUT2D eigenvalue weighted by atomic mass is 19.2. The molecular formula is C17H9F5O3. The van der Waals surface area contributed by atoms with Crippen molar-refractivity contribution in [3.05, 3.63) is 76.1 Å². The first-order chi connectivity index (χ1) is 11.7. The van der Waals surface area contributed by atoms with Crippen LogP contribution in [0.25, 0.3) is 6.08 Å². The Balaban J connectivity index is 2.28. The number of carboxylic acids is 1. The van der Waals surface area contributed by atoms with Gasteiger partial charge in [-0.1, -0.05) is 24.3 Å². The molecule has 0 aliphatic rings. The van der Waals surface area contributed by atoms with Gasteiger partial charge < -0.3 is 5.11 Å². The number of carboxylic acid groups (broad SMARTS) is 1. The Kier molecular flexibility index (Phi) is 5.31. The summed E-state index contributed by atoms with van der Waals surface area (Å²) in [6.45, 7) is 0.